The van der Waals surface area contributed by atoms with Crippen molar-refractivity contribution >= 4 is 5.91 Å². The Morgan fingerprint density at radius 2 is 2.22 bits per heavy atom. The molecule has 1 saturated heterocycles. The Morgan fingerprint density at radius 3 is 2.78 bits per heavy atom. The molecule has 0 saturated carbocycles. The first-order valence-corrected chi connectivity index (χ1v) is 8.35. The lowest BCUT2D eigenvalue weighted by molar-refractivity contribution is -0.236. The lowest BCUT2D eigenvalue weighted by Crippen LogP contribution is -2.58. The van der Waals surface area contributed by atoms with Crippen LogP contribution in [-0.4, -0.2) is 55.6 Å². The minimum absolute atomic E-state index is 0.0160. The van der Waals surface area contributed by atoms with Gasteiger partial charge in [0, 0.05) is 35.5 Å². The van der Waals surface area contributed by atoms with Gasteiger partial charge in [0.1, 0.15) is 17.1 Å². The maximum Gasteiger partial charge on any atom is 0.267 e. The second-order valence-electron chi connectivity index (χ2n) is 6.52. The van der Waals surface area contributed by atoms with Crippen LogP contribution >= 0.6 is 0 Å². The summed E-state index contributed by atoms with van der Waals surface area (Å²) in [6.07, 6.45) is 0.239. The molecule has 1 aliphatic heterocycles. The van der Waals surface area contributed by atoms with Gasteiger partial charge in [0.2, 0.25) is 0 Å². The Morgan fingerprint density at radius 1 is 1.48 bits per heavy atom. The van der Waals surface area contributed by atoms with E-state index >= 15 is 0 Å². The molecule has 144 valence electrons. The summed E-state index contributed by atoms with van der Waals surface area (Å²) in [7, 11) is 0. The summed E-state index contributed by atoms with van der Waals surface area (Å²) in [5, 5.41) is 30.1. The number of carbonyl (C=O) groups is 1. The number of pyridine rings is 2. The minimum Gasteiger partial charge on any atom is -0.393 e. The third-order valence-corrected chi connectivity index (χ3v) is 4.92. The van der Waals surface area contributed by atoms with Crippen molar-refractivity contribution in [1.82, 2.24) is 9.97 Å². The summed E-state index contributed by atoms with van der Waals surface area (Å²) in [6, 6.07) is 3.23. The zero-order chi connectivity index (χ0) is 19.8. The smallest absolute Gasteiger partial charge is 0.267 e. The van der Waals surface area contributed by atoms with Crippen LogP contribution in [0, 0.1) is 5.82 Å². The van der Waals surface area contributed by atoms with E-state index in [-0.39, 0.29) is 23.2 Å². The molecule has 1 amide bonds. The number of aliphatic hydroxyl groups excluding tert-OH is 2. The summed E-state index contributed by atoms with van der Waals surface area (Å²) in [4.78, 5) is 19.7. The molecule has 8 nitrogen and oxygen atoms in total. The molecule has 27 heavy (non-hydrogen) atoms. The topological polar surface area (TPSA) is 139 Å². The summed E-state index contributed by atoms with van der Waals surface area (Å²) in [6.45, 7) is 0.742. The fourth-order valence-electron chi connectivity index (χ4n) is 3.32. The van der Waals surface area contributed by atoms with E-state index in [1.165, 1.54) is 19.3 Å². The van der Waals surface area contributed by atoms with Crippen LogP contribution in [-0.2, 0) is 4.74 Å². The number of halogens is 1. The molecule has 0 bridgehead atoms. The predicted octanol–water partition coefficient (Wildman–Crippen LogP) is 0.316. The second-order valence-corrected chi connectivity index (χ2v) is 6.52. The number of aromatic nitrogens is 2. The lowest BCUT2D eigenvalue weighted by Gasteiger charge is -2.44. The van der Waals surface area contributed by atoms with E-state index in [0.717, 1.165) is 6.20 Å². The Bertz CT molecular complexity index is 836. The molecule has 4 unspecified atom stereocenters. The second kappa shape index (κ2) is 7.28. The van der Waals surface area contributed by atoms with E-state index in [1.54, 1.807) is 12.1 Å². The van der Waals surface area contributed by atoms with Crippen LogP contribution in [0.2, 0.25) is 0 Å². The first-order valence-electron chi connectivity index (χ1n) is 8.35. The number of hydrogen-bond donors (Lipinski definition) is 4. The molecule has 3 heterocycles. The van der Waals surface area contributed by atoms with Crippen molar-refractivity contribution in [3.8, 4) is 11.1 Å². The molecule has 1 aliphatic rings. The normalized spacial score (nSPS) is 28.1. The van der Waals surface area contributed by atoms with Gasteiger partial charge in [0.15, 0.2) is 0 Å². The van der Waals surface area contributed by atoms with Gasteiger partial charge in [-0.2, -0.15) is 0 Å². The molecule has 1 fully saturated rings. The van der Waals surface area contributed by atoms with E-state index < -0.39 is 42.2 Å². The van der Waals surface area contributed by atoms with Gasteiger partial charge in [-0.3, -0.25) is 9.78 Å². The average Bonchev–Trinajstić information content (AvgIpc) is 2.65. The first-order chi connectivity index (χ1) is 12.8. The number of nitrogens with zero attached hydrogens (tertiary/aromatic N) is 2. The molecule has 0 spiro atoms. The number of rotatable bonds is 4. The van der Waals surface area contributed by atoms with Crippen LogP contribution in [0.5, 0.6) is 0 Å². The zero-order valence-electron chi connectivity index (χ0n) is 14.5. The zero-order valence-corrected chi connectivity index (χ0v) is 14.5. The molecule has 0 aliphatic carbocycles. The van der Waals surface area contributed by atoms with Crippen molar-refractivity contribution in [2.75, 3.05) is 6.61 Å². The van der Waals surface area contributed by atoms with Gasteiger partial charge in [-0.25, -0.2) is 9.37 Å². The van der Waals surface area contributed by atoms with Gasteiger partial charge in [-0.05, 0) is 13.0 Å². The summed E-state index contributed by atoms with van der Waals surface area (Å²) < 4.78 is 20.5. The Kier molecular flexibility index (Phi) is 5.20. The van der Waals surface area contributed by atoms with Crippen molar-refractivity contribution in [3.05, 3.63) is 47.8 Å². The molecule has 4 atom stereocenters. The van der Waals surface area contributed by atoms with Crippen LogP contribution in [0.25, 0.3) is 11.1 Å². The SMILES string of the molecule is CC1OC(c2c(F)cnc(C(N)=O)c2-c2cccnc2)CC(O)C1(O)CO. The molecular weight excluding hydrogens is 357 g/mol. The molecule has 5 N–H and O–H groups in total. The monoisotopic (exact) mass is 377 g/mol. The van der Waals surface area contributed by atoms with Crippen LogP contribution in [0.3, 0.4) is 0 Å². The quantitative estimate of drug-likeness (QED) is 0.602. The number of carbonyl (C=O) groups excluding carboxylic acids is 1. The highest BCUT2D eigenvalue weighted by molar-refractivity contribution is 5.98. The lowest BCUT2D eigenvalue weighted by atomic mass is 9.82. The van der Waals surface area contributed by atoms with Gasteiger partial charge < -0.3 is 25.8 Å². The van der Waals surface area contributed by atoms with E-state index in [1.807, 2.05) is 0 Å². The molecule has 0 aromatic carbocycles. The molecule has 2 aromatic rings. The molecule has 0 radical (unpaired) electrons. The van der Waals surface area contributed by atoms with Crippen LogP contribution in [0.1, 0.15) is 35.5 Å². The van der Waals surface area contributed by atoms with Gasteiger partial charge in [0.05, 0.1) is 31.1 Å². The fraction of sp³-hybridized carbons (Fsp3) is 0.389. The molecule has 9 heteroatoms. The van der Waals surface area contributed by atoms with Crippen LogP contribution < -0.4 is 5.73 Å². The molecular formula is C18H20FN3O5. The third-order valence-electron chi connectivity index (χ3n) is 4.92. The molecule has 2 aromatic heterocycles. The maximum atomic E-state index is 14.8. The Balaban J connectivity index is 2.16. The number of primary amides is 1. The summed E-state index contributed by atoms with van der Waals surface area (Å²) in [5.74, 6) is -1.61. The summed E-state index contributed by atoms with van der Waals surface area (Å²) in [5.41, 5.74) is 3.89. The highest BCUT2D eigenvalue weighted by atomic mass is 19.1. The molecule has 3 rings (SSSR count). The van der Waals surface area contributed by atoms with E-state index in [2.05, 4.69) is 9.97 Å². The van der Waals surface area contributed by atoms with Crippen molar-refractivity contribution < 1.29 is 29.2 Å². The number of amides is 1. The number of hydrogen-bond acceptors (Lipinski definition) is 7. The van der Waals surface area contributed by atoms with E-state index in [9.17, 15) is 24.5 Å². The Hall–Kier alpha value is -2.46. The van der Waals surface area contributed by atoms with E-state index in [4.69, 9.17) is 10.5 Å². The standard InChI is InChI=1S/C18H20FN3O5/c1-9-18(26,8-23)13(24)5-12(27-9)15-11(19)7-22-16(17(20)25)14(15)10-3-2-4-21-6-10/h2-4,6-7,9,12-13,23-24,26H,5,8H2,1H3,(H2,20,25). The van der Waals surface area contributed by atoms with Gasteiger partial charge in [-0.1, -0.05) is 6.07 Å². The van der Waals surface area contributed by atoms with Crippen molar-refractivity contribution in [2.45, 2.75) is 37.3 Å². The van der Waals surface area contributed by atoms with Gasteiger partial charge in [0.25, 0.3) is 5.91 Å². The van der Waals surface area contributed by atoms with Gasteiger partial charge >= 0.3 is 0 Å². The van der Waals surface area contributed by atoms with Crippen molar-refractivity contribution in [2.24, 2.45) is 5.73 Å². The number of aliphatic hydroxyl groups is 3. The maximum absolute atomic E-state index is 14.8. The number of nitrogens with two attached hydrogens (primary N) is 1. The van der Waals surface area contributed by atoms with Crippen LogP contribution in [0.15, 0.2) is 30.7 Å². The third kappa shape index (κ3) is 3.30. The van der Waals surface area contributed by atoms with Crippen molar-refractivity contribution in [3.63, 3.8) is 0 Å². The highest BCUT2D eigenvalue weighted by Crippen LogP contribution is 2.42. The first kappa shape index (κ1) is 19.3. The fourth-order valence-corrected chi connectivity index (χ4v) is 3.32. The predicted molar refractivity (Wildman–Crippen MR) is 91.9 cm³/mol. The van der Waals surface area contributed by atoms with Crippen molar-refractivity contribution in [1.29, 1.82) is 0 Å². The number of ether oxygens (including phenoxy) is 1. The average molecular weight is 377 g/mol. The largest absolute Gasteiger partial charge is 0.393 e. The van der Waals surface area contributed by atoms with Gasteiger partial charge in [-0.15, -0.1) is 0 Å². The van der Waals surface area contributed by atoms with E-state index in [0.29, 0.717) is 5.56 Å². The minimum atomic E-state index is -1.87. The Labute approximate surface area is 154 Å². The summed E-state index contributed by atoms with van der Waals surface area (Å²) >= 11 is 0. The van der Waals surface area contributed by atoms with Crippen LogP contribution in [0.4, 0.5) is 4.39 Å². The highest BCUT2D eigenvalue weighted by Gasteiger charge is 2.48.